The van der Waals surface area contributed by atoms with Crippen molar-refractivity contribution in [2.45, 2.75) is 32.2 Å². The molecule has 134 valence electrons. The molecule has 4 heteroatoms. The quantitative estimate of drug-likeness (QED) is 0.796. The minimum Gasteiger partial charge on any atom is -0.310 e. The Morgan fingerprint density at radius 3 is 2.40 bits per heavy atom. The fourth-order valence-electron chi connectivity index (χ4n) is 3.29. The van der Waals surface area contributed by atoms with Crippen LogP contribution in [-0.2, 0) is 11.2 Å². The fourth-order valence-corrected chi connectivity index (χ4v) is 3.29. The van der Waals surface area contributed by atoms with Crippen molar-refractivity contribution in [2.24, 2.45) is 0 Å². The zero-order valence-electron chi connectivity index (χ0n) is 19.4. The summed E-state index contributed by atoms with van der Waals surface area (Å²) in [5.74, 6) is -0.300. The van der Waals surface area contributed by atoms with Crippen LogP contribution in [-0.4, -0.2) is 36.5 Å². The van der Waals surface area contributed by atoms with Gasteiger partial charge in [-0.3, -0.25) is 4.79 Å². The number of hydrogen-bond acceptors (Lipinski definition) is 2. The van der Waals surface area contributed by atoms with Gasteiger partial charge in [-0.25, -0.2) is 0 Å². The van der Waals surface area contributed by atoms with Crippen LogP contribution < -0.4 is 4.90 Å². The van der Waals surface area contributed by atoms with Gasteiger partial charge < -0.3 is 9.80 Å². The van der Waals surface area contributed by atoms with Gasteiger partial charge in [-0.1, -0.05) is 48.5 Å². The molecular weight excluding hydrogens is 332 g/mol. The van der Waals surface area contributed by atoms with Gasteiger partial charge in [0.2, 0.25) is 5.91 Å². The topological polar surface area (TPSA) is 23.6 Å². The van der Waals surface area contributed by atoms with Crippen molar-refractivity contribution in [1.29, 1.82) is 0 Å². The van der Waals surface area contributed by atoms with Crippen LogP contribution in [0.1, 0.15) is 32.2 Å². The Bertz CT molecular complexity index is 860. The molecule has 0 N–H and O–H groups in total. The zero-order chi connectivity index (χ0) is 21.1. The summed E-state index contributed by atoms with van der Waals surface area (Å²) in [6, 6.07) is 8.22. The molecule has 0 radical (unpaired) electrons. The largest absolute Gasteiger partial charge is 0.310 e. The van der Waals surface area contributed by atoms with Crippen molar-refractivity contribution in [3.8, 4) is 0 Å². The lowest BCUT2D eigenvalue weighted by Gasteiger charge is -2.38. The number of hydrogen-bond donors (Lipinski definition) is 0. The second kappa shape index (κ2) is 9.59. The molecule has 0 aliphatic carbocycles. The zero-order valence-corrected chi connectivity index (χ0v) is 15.2. The molecule has 2 aromatic rings. The van der Waals surface area contributed by atoms with E-state index in [1.54, 1.807) is 0 Å². The molecule has 1 saturated heterocycles. The number of anilines is 1. The normalized spacial score (nSPS) is 18.2. The highest BCUT2D eigenvalue weighted by atomic mass is 35.5. The molecule has 1 fully saturated rings. The van der Waals surface area contributed by atoms with E-state index in [9.17, 15) is 4.79 Å². The van der Waals surface area contributed by atoms with Crippen LogP contribution in [0.5, 0.6) is 0 Å². The van der Waals surface area contributed by atoms with Crippen molar-refractivity contribution < 1.29 is 11.6 Å². The average Bonchev–Trinajstić information content (AvgIpc) is 2.73. The maximum absolute atomic E-state index is 12.4. The van der Waals surface area contributed by atoms with E-state index < -0.39 is 18.1 Å². The summed E-state index contributed by atoms with van der Waals surface area (Å²) in [7, 11) is 0. The molecule has 0 spiro atoms. The van der Waals surface area contributed by atoms with E-state index in [0.29, 0.717) is 12.8 Å². The lowest BCUT2D eigenvalue weighted by Crippen LogP contribution is -2.47. The molecule has 3 nitrogen and oxygen atoms in total. The monoisotopic (exact) mass is 363 g/mol. The van der Waals surface area contributed by atoms with Gasteiger partial charge in [0.15, 0.2) is 0 Å². The standard InChI is InChI=1S/C21H26N2O.ClH/c1-18(24)23(20-10-6-3-7-11-20)21-13-16-22(17-14-21)15-12-19-8-4-2-5-9-19;/h2-11,21H,12-17H2,1H3;1H/i3D,6D,7D,10D,11D;. The molecule has 1 aliphatic heterocycles. The molecule has 1 amide bonds. The van der Waals surface area contributed by atoms with Crippen LogP contribution in [0.2, 0.25) is 0 Å². The second-order valence-electron chi connectivity index (χ2n) is 6.17. The number of nitrogens with zero attached hydrogens (tertiary/aromatic N) is 2. The summed E-state index contributed by atoms with van der Waals surface area (Å²) in [5, 5.41) is 0. The number of amides is 1. The van der Waals surface area contributed by atoms with Gasteiger partial charge >= 0.3 is 0 Å². The SMILES string of the molecule is Cl.[2H]c1c([2H])c([2H])c(N(C(C)=O)C2CCN(CCc3ccccc3)CC2)c([2H])c1[2H]. The van der Waals surface area contributed by atoms with E-state index in [0.717, 1.165) is 26.1 Å². The summed E-state index contributed by atoms with van der Waals surface area (Å²) in [4.78, 5) is 16.2. The first-order chi connectivity index (χ1) is 13.8. The number of carbonyl (C=O) groups excluding carboxylic acids is 1. The Hall–Kier alpha value is -1.84. The summed E-state index contributed by atoms with van der Waals surface area (Å²) in [5.41, 5.74) is 1.28. The van der Waals surface area contributed by atoms with E-state index in [1.807, 2.05) is 18.2 Å². The predicted molar refractivity (Wildman–Crippen MR) is 106 cm³/mol. The molecule has 2 aromatic carbocycles. The van der Waals surface area contributed by atoms with Crippen LogP contribution in [0, 0.1) is 0 Å². The number of rotatable bonds is 5. The number of halogens is 1. The second-order valence-corrected chi connectivity index (χ2v) is 6.17. The van der Waals surface area contributed by atoms with Gasteiger partial charge in [0, 0.05) is 38.3 Å². The van der Waals surface area contributed by atoms with Crippen LogP contribution in [0.3, 0.4) is 0 Å². The number of likely N-dealkylation sites (tertiary alicyclic amines) is 1. The van der Waals surface area contributed by atoms with Crippen LogP contribution in [0.4, 0.5) is 5.69 Å². The van der Waals surface area contributed by atoms with Gasteiger partial charge in [-0.05, 0) is 36.9 Å². The Morgan fingerprint density at radius 2 is 1.80 bits per heavy atom. The minimum absolute atomic E-state index is 0. The molecule has 25 heavy (non-hydrogen) atoms. The van der Waals surface area contributed by atoms with Crippen LogP contribution in [0.15, 0.2) is 60.5 Å². The van der Waals surface area contributed by atoms with Crippen molar-refractivity contribution >= 4 is 24.0 Å². The van der Waals surface area contributed by atoms with Gasteiger partial charge in [0.1, 0.15) is 0 Å². The molecule has 0 unspecified atom stereocenters. The van der Waals surface area contributed by atoms with Crippen molar-refractivity contribution in [2.75, 3.05) is 24.5 Å². The molecule has 0 saturated carbocycles. The van der Waals surface area contributed by atoms with E-state index >= 15 is 0 Å². The molecular formula is C21H27ClN2O. The van der Waals surface area contributed by atoms with E-state index in [1.165, 1.54) is 17.4 Å². The Kier molecular flexibility index (Phi) is 5.13. The first-order valence-corrected chi connectivity index (χ1v) is 8.44. The predicted octanol–water partition coefficient (Wildman–Crippen LogP) is 4.17. The lowest BCUT2D eigenvalue weighted by molar-refractivity contribution is -0.117. The van der Waals surface area contributed by atoms with Crippen molar-refractivity contribution in [3.05, 3.63) is 66.1 Å². The number of piperidine rings is 1. The van der Waals surface area contributed by atoms with Crippen LogP contribution >= 0.6 is 12.4 Å². The average molecular weight is 364 g/mol. The summed E-state index contributed by atoms with van der Waals surface area (Å²) >= 11 is 0. The smallest absolute Gasteiger partial charge is 0.224 e. The molecule has 3 rings (SSSR count). The molecule has 0 bridgehead atoms. The fraction of sp³-hybridized carbons (Fsp3) is 0.381. The van der Waals surface area contributed by atoms with Gasteiger partial charge in [-0.2, -0.15) is 0 Å². The van der Waals surface area contributed by atoms with E-state index in [-0.39, 0.29) is 42.1 Å². The molecule has 1 aliphatic rings. The number of para-hydroxylation sites is 1. The van der Waals surface area contributed by atoms with Gasteiger partial charge in [0.05, 0.1) is 6.85 Å². The first-order valence-electron chi connectivity index (χ1n) is 10.9. The minimum atomic E-state index is -0.442. The van der Waals surface area contributed by atoms with E-state index in [2.05, 4.69) is 17.0 Å². The molecule has 1 heterocycles. The van der Waals surface area contributed by atoms with Crippen molar-refractivity contribution in [3.63, 3.8) is 0 Å². The molecule has 0 aromatic heterocycles. The number of benzene rings is 2. The highest BCUT2D eigenvalue weighted by Gasteiger charge is 2.27. The summed E-state index contributed by atoms with van der Waals surface area (Å²) in [6.07, 6.45) is 2.37. The van der Waals surface area contributed by atoms with Gasteiger partial charge in [0.25, 0.3) is 0 Å². The van der Waals surface area contributed by atoms with Crippen molar-refractivity contribution in [1.82, 2.24) is 4.90 Å². The molecule has 0 atom stereocenters. The highest BCUT2D eigenvalue weighted by Crippen LogP contribution is 2.24. The maximum Gasteiger partial charge on any atom is 0.224 e. The third-order valence-corrected chi connectivity index (χ3v) is 4.55. The Labute approximate surface area is 164 Å². The highest BCUT2D eigenvalue weighted by molar-refractivity contribution is 5.92. The Morgan fingerprint density at radius 1 is 1.16 bits per heavy atom. The third-order valence-electron chi connectivity index (χ3n) is 4.55. The summed E-state index contributed by atoms with van der Waals surface area (Å²) in [6.45, 7) is 3.94. The third kappa shape index (κ3) is 5.32. The lowest BCUT2D eigenvalue weighted by atomic mass is 10.0. The van der Waals surface area contributed by atoms with Crippen LogP contribution in [0.25, 0.3) is 0 Å². The Balaban J connectivity index is 0.00000320. The number of carbonyl (C=O) groups is 1. The van der Waals surface area contributed by atoms with Gasteiger partial charge in [-0.15, -0.1) is 12.4 Å². The summed E-state index contributed by atoms with van der Waals surface area (Å²) < 4.78 is 40.0. The maximum atomic E-state index is 12.4. The first kappa shape index (κ1) is 13.4. The van der Waals surface area contributed by atoms with E-state index in [4.69, 9.17) is 6.85 Å².